The van der Waals surface area contributed by atoms with Crippen LogP contribution < -0.4 is 15.4 Å². The molecule has 0 radical (unpaired) electrons. The smallest absolute Gasteiger partial charge is 0.410 e. The number of hydrogen-bond donors (Lipinski definition) is 2. The molecule has 2 rings (SSSR count). The highest BCUT2D eigenvalue weighted by molar-refractivity contribution is 5.96. The van der Waals surface area contributed by atoms with Gasteiger partial charge < -0.3 is 15.4 Å². The highest BCUT2D eigenvalue weighted by Gasteiger charge is 2.18. The lowest BCUT2D eigenvalue weighted by Gasteiger charge is -2.15. The third-order valence-electron chi connectivity index (χ3n) is 3.21. The number of ether oxygens (including phenoxy) is 1. The van der Waals surface area contributed by atoms with Crippen LogP contribution in [-0.2, 0) is 4.79 Å². The number of nitrogens with one attached hydrogen (secondary N) is 2. The predicted octanol–water partition coefficient (Wildman–Crippen LogP) is 3.25. The fraction of sp³-hybridized carbons (Fsp3) is 0.176. The summed E-state index contributed by atoms with van der Waals surface area (Å²) >= 11 is 0. The van der Waals surface area contributed by atoms with Crippen molar-refractivity contribution >= 4 is 17.7 Å². The van der Waals surface area contributed by atoms with Crippen LogP contribution >= 0.6 is 0 Å². The molecule has 0 unspecified atom stereocenters. The first-order valence-corrected chi connectivity index (χ1v) is 7.06. The summed E-state index contributed by atoms with van der Waals surface area (Å²) in [6.07, 6.45) is -0.741. The second-order valence-corrected chi connectivity index (χ2v) is 4.97. The maximum atomic E-state index is 13.4. The maximum absolute atomic E-state index is 13.4. The number of carbonyl (C=O) groups is 2. The van der Waals surface area contributed by atoms with E-state index in [-0.39, 0.29) is 0 Å². The number of para-hydroxylation sites is 1. The van der Waals surface area contributed by atoms with E-state index in [1.54, 1.807) is 43.3 Å². The second-order valence-electron chi connectivity index (χ2n) is 4.97. The Hall–Kier alpha value is -2.89. The van der Waals surface area contributed by atoms with E-state index in [4.69, 9.17) is 4.74 Å². The number of carbonyl (C=O) groups excluding carboxylic acids is 2. The van der Waals surface area contributed by atoms with Gasteiger partial charge in [0.15, 0.2) is 0 Å². The van der Waals surface area contributed by atoms with Crippen LogP contribution in [0, 0.1) is 12.7 Å². The first-order chi connectivity index (χ1) is 11.0. The van der Waals surface area contributed by atoms with Gasteiger partial charge in [-0.05, 0) is 38.1 Å². The third-order valence-corrected chi connectivity index (χ3v) is 3.21. The zero-order valence-corrected chi connectivity index (χ0v) is 12.8. The topological polar surface area (TPSA) is 67.4 Å². The number of benzene rings is 2. The average Bonchev–Trinajstić information content (AvgIpc) is 2.52. The Bertz CT molecular complexity index is 704. The predicted molar refractivity (Wildman–Crippen MR) is 84.8 cm³/mol. The van der Waals surface area contributed by atoms with Crippen LogP contribution in [0.2, 0.25) is 0 Å². The van der Waals surface area contributed by atoms with Crippen LogP contribution in [-0.4, -0.2) is 18.0 Å². The summed E-state index contributed by atoms with van der Waals surface area (Å²) in [5, 5.41) is 4.99. The molecule has 0 aliphatic heterocycles. The van der Waals surface area contributed by atoms with E-state index in [1.165, 1.54) is 19.1 Å². The highest BCUT2D eigenvalue weighted by atomic mass is 19.1. The van der Waals surface area contributed by atoms with E-state index < -0.39 is 23.9 Å². The first-order valence-electron chi connectivity index (χ1n) is 7.06. The molecule has 0 spiro atoms. The quantitative estimate of drug-likeness (QED) is 0.910. The molecule has 23 heavy (non-hydrogen) atoms. The number of amides is 2. The van der Waals surface area contributed by atoms with Gasteiger partial charge in [-0.1, -0.05) is 24.3 Å². The molecule has 2 N–H and O–H groups in total. The lowest BCUT2D eigenvalue weighted by molar-refractivity contribution is -0.117. The molecule has 6 heteroatoms. The average molecular weight is 316 g/mol. The molecule has 0 aliphatic rings. The SMILES string of the molecule is Cc1c(F)cccc1NC(=O)[C@H](C)NC(=O)Oc1ccccc1. The Labute approximate surface area is 133 Å². The van der Waals surface area contributed by atoms with E-state index >= 15 is 0 Å². The molecule has 1 atom stereocenters. The summed E-state index contributed by atoms with van der Waals surface area (Å²) in [5.41, 5.74) is 0.694. The minimum absolute atomic E-state index is 0.333. The Kier molecular flexibility index (Phi) is 5.30. The van der Waals surface area contributed by atoms with Crippen LogP contribution in [0.4, 0.5) is 14.9 Å². The largest absolute Gasteiger partial charge is 0.413 e. The Morgan fingerprint density at radius 3 is 2.48 bits per heavy atom. The number of hydrogen-bond acceptors (Lipinski definition) is 3. The minimum Gasteiger partial charge on any atom is -0.410 e. The third kappa shape index (κ3) is 4.54. The van der Waals surface area contributed by atoms with Crippen molar-refractivity contribution < 1.29 is 18.7 Å². The fourth-order valence-corrected chi connectivity index (χ4v) is 1.85. The van der Waals surface area contributed by atoms with Crippen LogP contribution in [0.3, 0.4) is 0 Å². The fourth-order valence-electron chi connectivity index (χ4n) is 1.85. The van der Waals surface area contributed by atoms with E-state index in [0.717, 1.165) is 0 Å². The summed E-state index contributed by atoms with van der Waals surface area (Å²) in [6, 6.07) is 12.1. The Morgan fingerprint density at radius 1 is 1.09 bits per heavy atom. The van der Waals surface area contributed by atoms with Crippen molar-refractivity contribution in [2.45, 2.75) is 19.9 Å². The van der Waals surface area contributed by atoms with Crippen molar-refractivity contribution in [1.29, 1.82) is 0 Å². The number of halogens is 1. The van der Waals surface area contributed by atoms with Crippen molar-refractivity contribution in [3.05, 3.63) is 59.9 Å². The Morgan fingerprint density at radius 2 is 1.78 bits per heavy atom. The van der Waals surface area contributed by atoms with Gasteiger partial charge in [-0.2, -0.15) is 0 Å². The highest BCUT2D eigenvalue weighted by Crippen LogP contribution is 2.17. The van der Waals surface area contributed by atoms with E-state index in [1.807, 2.05) is 0 Å². The molecule has 5 nitrogen and oxygen atoms in total. The molecule has 120 valence electrons. The van der Waals surface area contributed by atoms with Crippen molar-refractivity contribution in [2.24, 2.45) is 0 Å². The number of rotatable bonds is 4. The van der Waals surface area contributed by atoms with Crippen LogP contribution in [0.15, 0.2) is 48.5 Å². The maximum Gasteiger partial charge on any atom is 0.413 e. The van der Waals surface area contributed by atoms with Gasteiger partial charge in [0.05, 0.1) is 0 Å². The molecule has 0 aromatic heterocycles. The Balaban J connectivity index is 1.92. The summed E-state index contributed by atoms with van der Waals surface area (Å²) in [7, 11) is 0. The molecule has 0 bridgehead atoms. The van der Waals surface area contributed by atoms with Crippen molar-refractivity contribution in [3.63, 3.8) is 0 Å². The van der Waals surface area contributed by atoms with E-state index in [9.17, 15) is 14.0 Å². The van der Waals surface area contributed by atoms with Crippen molar-refractivity contribution in [2.75, 3.05) is 5.32 Å². The van der Waals surface area contributed by atoms with Crippen LogP contribution in [0.5, 0.6) is 5.75 Å². The molecule has 2 aromatic carbocycles. The molecule has 0 heterocycles. The molecular weight excluding hydrogens is 299 g/mol. The van der Waals surface area contributed by atoms with Gasteiger partial charge in [0.25, 0.3) is 0 Å². The zero-order valence-electron chi connectivity index (χ0n) is 12.8. The van der Waals surface area contributed by atoms with E-state index in [0.29, 0.717) is 17.0 Å². The minimum atomic E-state index is -0.839. The lowest BCUT2D eigenvalue weighted by Crippen LogP contribution is -2.43. The van der Waals surface area contributed by atoms with Crippen molar-refractivity contribution in [3.8, 4) is 5.75 Å². The molecule has 2 amide bonds. The van der Waals surface area contributed by atoms with Gasteiger partial charge in [-0.15, -0.1) is 0 Å². The molecular formula is C17H17FN2O3. The first kappa shape index (κ1) is 16.5. The monoisotopic (exact) mass is 316 g/mol. The second kappa shape index (κ2) is 7.40. The zero-order chi connectivity index (χ0) is 16.8. The standard InChI is InChI=1S/C17H17FN2O3/c1-11-14(18)9-6-10-15(11)20-16(21)12(2)19-17(22)23-13-7-4-3-5-8-13/h3-10,12H,1-2H3,(H,19,22)(H,20,21)/t12-/m0/s1. The van der Waals surface area contributed by atoms with Gasteiger partial charge in [-0.3, -0.25) is 4.79 Å². The molecule has 0 saturated carbocycles. The van der Waals surface area contributed by atoms with Crippen LogP contribution in [0.1, 0.15) is 12.5 Å². The van der Waals surface area contributed by atoms with Crippen LogP contribution in [0.25, 0.3) is 0 Å². The molecule has 2 aromatic rings. The summed E-state index contributed by atoms with van der Waals surface area (Å²) in [5.74, 6) is -0.505. The van der Waals surface area contributed by atoms with Gasteiger partial charge in [-0.25, -0.2) is 9.18 Å². The molecule has 0 aliphatic carbocycles. The normalized spacial score (nSPS) is 11.4. The molecule has 0 fully saturated rings. The van der Waals surface area contributed by atoms with Gasteiger partial charge in [0.2, 0.25) is 5.91 Å². The number of anilines is 1. The van der Waals surface area contributed by atoms with Gasteiger partial charge >= 0.3 is 6.09 Å². The summed E-state index contributed by atoms with van der Waals surface area (Å²) < 4.78 is 18.5. The van der Waals surface area contributed by atoms with E-state index in [2.05, 4.69) is 10.6 Å². The summed E-state index contributed by atoms with van der Waals surface area (Å²) in [6.45, 7) is 3.07. The van der Waals surface area contributed by atoms with Crippen molar-refractivity contribution in [1.82, 2.24) is 5.32 Å². The summed E-state index contributed by atoms with van der Waals surface area (Å²) in [4.78, 5) is 23.8. The molecule has 0 saturated heterocycles. The lowest BCUT2D eigenvalue weighted by atomic mass is 10.2. The van der Waals surface area contributed by atoms with Gasteiger partial charge in [0.1, 0.15) is 17.6 Å². The van der Waals surface area contributed by atoms with Gasteiger partial charge in [0, 0.05) is 11.3 Å².